The Labute approximate surface area is 275 Å². The summed E-state index contributed by atoms with van der Waals surface area (Å²) in [5.74, 6) is -0.0275. The van der Waals surface area contributed by atoms with Gasteiger partial charge in [-0.2, -0.15) is 4.31 Å². The highest BCUT2D eigenvalue weighted by Gasteiger charge is 2.26. The molecule has 46 heavy (non-hydrogen) atoms. The van der Waals surface area contributed by atoms with Crippen LogP contribution in [0.1, 0.15) is 46.6 Å². The van der Waals surface area contributed by atoms with Crippen LogP contribution >= 0.6 is 23.1 Å². The Kier molecular flexibility index (Phi) is 9.49. The fourth-order valence-corrected chi connectivity index (χ4v) is 8.38. The molecule has 1 aliphatic heterocycles. The lowest BCUT2D eigenvalue weighted by Crippen LogP contribution is -2.35. The third-order valence-corrected chi connectivity index (χ3v) is 11.4. The maximum atomic E-state index is 13.1. The van der Waals surface area contributed by atoms with Crippen molar-refractivity contribution in [1.82, 2.24) is 29.4 Å². The minimum Gasteiger partial charge on any atom is -0.345 e. The minimum atomic E-state index is -3.59. The number of hydrogen-bond donors (Lipinski definition) is 2. The molecule has 2 aromatic heterocycles. The second-order valence-electron chi connectivity index (χ2n) is 11.0. The molecule has 5 aromatic rings. The van der Waals surface area contributed by atoms with E-state index in [1.807, 2.05) is 60.9 Å². The van der Waals surface area contributed by atoms with Crippen molar-refractivity contribution in [3.8, 4) is 5.69 Å². The smallest absolute Gasteiger partial charge is 0.251 e. The Bertz CT molecular complexity index is 1970. The van der Waals surface area contributed by atoms with Gasteiger partial charge >= 0.3 is 0 Å². The van der Waals surface area contributed by atoms with E-state index in [1.165, 1.54) is 51.7 Å². The van der Waals surface area contributed by atoms with Gasteiger partial charge in [-0.1, -0.05) is 53.8 Å². The van der Waals surface area contributed by atoms with Gasteiger partial charge in [-0.05, 0) is 80.3 Å². The molecule has 3 aromatic carbocycles. The number of piperidine rings is 1. The number of rotatable bonds is 10. The number of thiazole rings is 1. The van der Waals surface area contributed by atoms with E-state index < -0.39 is 10.0 Å². The average Bonchev–Trinajstić information content (AvgIpc) is 3.67. The number of carbonyl (C=O) groups excluding carboxylic acids is 2. The lowest BCUT2D eigenvalue weighted by Gasteiger charge is -2.25. The number of aryl methyl sites for hydroxylation is 2. The number of carbonyl (C=O) groups is 2. The molecular formula is C32H33N7O4S3. The predicted octanol–water partition coefficient (Wildman–Crippen LogP) is 5.33. The normalized spacial score (nSPS) is 14.0. The zero-order chi connectivity index (χ0) is 32.3. The van der Waals surface area contributed by atoms with Crippen LogP contribution in [0.25, 0.3) is 15.9 Å². The van der Waals surface area contributed by atoms with Gasteiger partial charge in [0.2, 0.25) is 15.9 Å². The van der Waals surface area contributed by atoms with Crippen LogP contribution in [0.5, 0.6) is 0 Å². The van der Waals surface area contributed by atoms with Crippen LogP contribution in [0.15, 0.2) is 76.8 Å². The van der Waals surface area contributed by atoms with E-state index in [1.54, 1.807) is 0 Å². The predicted molar refractivity (Wildman–Crippen MR) is 180 cm³/mol. The van der Waals surface area contributed by atoms with Crippen LogP contribution in [-0.2, 0) is 21.4 Å². The van der Waals surface area contributed by atoms with E-state index in [-0.39, 0.29) is 29.0 Å². The van der Waals surface area contributed by atoms with E-state index in [2.05, 4.69) is 25.8 Å². The highest BCUT2D eigenvalue weighted by atomic mass is 32.2. The van der Waals surface area contributed by atoms with Crippen molar-refractivity contribution in [2.24, 2.45) is 0 Å². The van der Waals surface area contributed by atoms with Gasteiger partial charge in [0, 0.05) is 18.7 Å². The number of nitrogens with one attached hydrogen (secondary N) is 2. The molecule has 0 bridgehead atoms. The first-order chi connectivity index (χ1) is 22.2. The van der Waals surface area contributed by atoms with E-state index in [4.69, 9.17) is 0 Å². The van der Waals surface area contributed by atoms with Gasteiger partial charge in [0.1, 0.15) is 0 Å². The molecule has 6 rings (SSSR count). The third kappa shape index (κ3) is 6.99. The summed E-state index contributed by atoms with van der Waals surface area (Å²) in [6.07, 6.45) is 2.73. The molecule has 14 heteroatoms. The van der Waals surface area contributed by atoms with Crippen LogP contribution in [0.3, 0.4) is 0 Å². The zero-order valence-corrected chi connectivity index (χ0v) is 27.8. The standard InChI is InChI=1S/C32H33N7O4S3/c1-21-10-11-22(2)26(18-21)39-28(36-37-32(39)44-20-29(40)35-31-34-25-8-4-5-9-27(25)45-31)19-33-30(41)23-12-14-24(15-13-23)46(42,43)38-16-6-3-7-17-38/h4-5,8-15,18H,3,6-7,16-17,19-20H2,1-2H3,(H,33,41)(H,34,35,40). The molecule has 0 aliphatic carbocycles. The summed E-state index contributed by atoms with van der Waals surface area (Å²) in [5, 5.41) is 15.5. The van der Waals surface area contributed by atoms with Crippen molar-refractivity contribution >= 4 is 60.3 Å². The first-order valence-electron chi connectivity index (χ1n) is 14.9. The number of thioether (sulfide) groups is 1. The third-order valence-electron chi connectivity index (χ3n) is 7.65. The van der Waals surface area contributed by atoms with Gasteiger partial charge in [-0.15, -0.1) is 10.2 Å². The minimum absolute atomic E-state index is 0.0610. The molecule has 1 saturated heterocycles. The number of nitrogens with zero attached hydrogens (tertiary/aromatic N) is 5. The summed E-state index contributed by atoms with van der Waals surface area (Å²) in [5.41, 5.74) is 4.01. The molecule has 238 valence electrons. The zero-order valence-electron chi connectivity index (χ0n) is 25.4. The molecule has 1 aliphatic rings. The summed E-state index contributed by atoms with van der Waals surface area (Å²) in [6.45, 7) is 5.05. The number of amides is 2. The first kappa shape index (κ1) is 31.9. The van der Waals surface area contributed by atoms with Gasteiger partial charge in [0.15, 0.2) is 16.1 Å². The van der Waals surface area contributed by atoms with Crippen molar-refractivity contribution in [2.75, 3.05) is 24.2 Å². The van der Waals surface area contributed by atoms with E-state index in [0.29, 0.717) is 34.8 Å². The summed E-state index contributed by atoms with van der Waals surface area (Å²) in [6, 6.07) is 19.7. The van der Waals surface area contributed by atoms with Gasteiger partial charge in [0.25, 0.3) is 5.91 Å². The topological polar surface area (TPSA) is 139 Å². The second-order valence-corrected chi connectivity index (χ2v) is 14.9. The molecule has 2 amide bonds. The van der Waals surface area contributed by atoms with Gasteiger partial charge < -0.3 is 10.6 Å². The largest absolute Gasteiger partial charge is 0.345 e. The average molecular weight is 676 g/mol. The van der Waals surface area contributed by atoms with Crippen molar-refractivity contribution in [2.45, 2.75) is 49.7 Å². The molecule has 3 heterocycles. The SMILES string of the molecule is Cc1ccc(C)c(-n2c(CNC(=O)c3ccc(S(=O)(=O)N4CCCCC4)cc3)nnc2SCC(=O)Nc2nc3ccccc3s2)c1. The summed E-state index contributed by atoms with van der Waals surface area (Å²) in [4.78, 5) is 30.6. The van der Waals surface area contributed by atoms with E-state index >= 15 is 0 Å². The number of fused-ring (bicyclic) bond motifs is 1. The number of benzene rings is 3. The lowest BCUT2D eigenvalue weighted by molar-refractivity contribution is -0.113. The molecule has 11 nitrogen and oxygen atoms in total. The van der Waals surface area contributed by atoms with Crippen LogP contribution in [0, 0.1) is 13.8 Å². The molecular weight excluding hydrogens is 643 g/mol. The fraction of sp³-hybridized carbons (Fsp3) is 0.281. The van der Waals surface area contributed by atoms with E-state index in [0.717, 1.165) is 46.3 Å². The van der Waals surface area contributed by atoms with Crippen LogP contribution < -0.4 is 10.6 Å². The monoisotopic (exact) mass is 675 g/mol. The van der Waals surface area contributed by atoms with Crippen LogP contribution in [0.4, 0.5) is 5.13 Å². The number of anilines is 1. The van der Waals surface area contributed by atoms with E-state index in [9.17, 15) is 18.0 Å². The van der Waals surface area contributed by atoms with Crippen molar-refractivity contribution < 1.29 is 18.0 Å². The molecule has 0 saturated carbocycles. The number of para-hydroxylation sites is 1. The lowest BCUT2D eigenvalue weighted by atomic mass is 10.1. The Hall–Kier alpha value is -4.11. The fourth-order valence-electron chi connectivity index (χ4n) is 5.22. The van der Waals surface area contributed by atoms with Crippen LogP contribution in [-0.4, -0.2) is 63.1 Å². The van der Waals surface area contributed by atoms with Gasteiger partial charge in [-0.25, -0.2) is 13.4 Å². The Balaban J connectivity index is 1.16. The molecule has 1 fully saturated rings. The van der Waals surface area contributed by atoms with Crippen molar-refractivity contribution in [1.29, 1.82) is 0 Å². The first-order valence-corrected chi connectivity index (χ1v) is 18.1. The maximum Gasteiger partial charge on any atom is 0.251 e. The van der Waals surface area contributed by atoms with Gasteiger partial charge in [0.05, 0.1) is 33.1 Å². The Morgan fingerprint density at radius 3 is 2.48 bits per heavy atom. The molecule has 0 unspecified atom stereocenters. The molecule has 0 spiro atoms. The second kappa shape index (κ2) is 13.7. The quantitative estimate of drug-likeness (QED) is 0.190. The molecule has 0 radical (unpaired) electrons. The van der Waals surface area contributed by atoms with Crippen molar-refractivity contribution in [3.63, 3.8) is 0 Å². The number of hydrogen-bond acceptors (Lipinski definition) is 9. The summed E-state index contributed by atoms with van der Waals surface area (Å²) < 4.78 is 30.4. The molecule has 0 atom stereocenters. The van der Waals surface area contributed by atoms with Crippen molar-refractivity contribution in [3.05, 3.63) is 89.2 Å². The maximum absolute atomic E-state index is 13.1. The Morgan fingerprint density at radius 1 is 0.957 bits per heavy atom. The highest BCUT2D eigenvalue weighted by Crippen LogP contribution is 2.28. The summed E-state index contributed by atoms with van der Waals surface area (Å²) >= 11 is 2.65. The molecule has 2 N–H and O–H groups in total. The Morgan fingerprint density at radius 2 is 1.72 bits per heavy atom. The summed E-state index contributed by atoms with van der Waals surface area (Å²) in [7, 11) is -3.59. The highest BCUT2D eigenvalue weighted by molar-refractivity contribution is 7.99. The number of aromatic nitrogens is 4. The van der Waals surface area contributed by atoms with Gasteiger partial charge in [-0.3, -0.25) is 14.2 Å². The van der Waals surface area contributed by atoms with Crippen LogP contribution in [0.2, 0.25) is 0 Å². The number of sulfonamides is 1.